The second-order valence-corrected chi connectivity index (χ2v) is 6.08. The molecule has 0 radical (unpaired) electrons. The van der Waals surface area contributed by atoms with Crippen molar-refractivity contribution in [3.63, 3.8) is 0 Å². The van der Waals surface area contributed by atoms with Gasteiger partial charge in [-0.25, -0.2) is 4.79 Å². The number of esters is 1. The number of nitrogens with one attached hydrogen (secondary N) is 1. The number of carbonyl (C=O) groups is 2. The number of amides is 1. The Bertz CT molecular complexity index is 778. The third-order valence-corrected chi connectivity index (χ3v) is 4.18. The van der Waals surface area contributed by atoms with Crippen LogP contribution in [0.1, 0.15) is 21.9 Å². The van der Waals surface area contributed by atoms with E-state index in [0.717, 1.165) is 0 Å². The topological polar surface area (TPSA) is 77.8 Å². The maximum atomic E-state index is 12.4. The number of rotatable bonds is 8. The number of thioether (sulfide) groups is 1. The lowest BCUT2D eigenvalue weighted by Crippen LogP contribution is -2.15. The molecular formula is C17H17F2NO5S. The maximum absolute atomic E-state index is 12.4. The van der Waals surface area contributed by atoms with E-state index in [0.29, 0.717) is 22.8 Å². The third kappa shape index (κ3) is 5.48. The second kappa shape index (κ2) is 9.23. The van der Waals surface area contributed by atoms with E-state index in [-0.39, 0.29) is 23.1 Å². The second-order valence-electron chi connectivity index (χ2n) is 5.09. The summed E-state index contributed by atoms with van der Waals surface area (Å²) in [5.74, 6) is 0.423. The van der Waals surface area contributed by atoms with Crippen LogP contribution in [0.25, 0.3) is 0 Å². The van der Waals surface area contributed by atoms with Crippen molar-refractivity contribution in [2.75, 3.05) is 18.2 Å². The number of alkyl halides is 2. The van der Waals surface area contributed by atoms with Crippen LogP contribution in [0.4, 0.5) is 14.5 Å². The molecule has 0 atom stereocenters. The Morgan fingerprint density at radius 3 is 2.73 bits per heavy atom. The average molecular weight is 385 g/mol. The van der Waals surface area contributed by atoms with Gasteiger partial charge in [0.05, 0.1) is 24.3 Å². The number of halogens is 2. The highest BCUT2D eigenvalue weighted by Crippen LogP contribution is 2.26. The van der Waals surface area contributed by atoms with Crippen LogP contribution in [-0.2, 0) is 15.3 Å². The van der Waals surface area contributed by atoms with Gasteiger partial charge < -0.3 is 19.2 Å². The number of para-hydroxylation sites is 2. The molecule has 1 heterocycles. The van der Waals surface area contributed by atoms with Gasteiger partial charge in [0.1, 0.15) is 22.8 Å². The lowest BCUT2D eigenvalue weighted by Gasteiger charge is -2.11. The van der Waals surface area contributed by atoms with E-state index in [1.54, 1.807) is 19.1 Å². The highest BCUT2D eigenvalue weighted by atomic mass is 32.2. The van der Waals surface area contributed by atoms with Gasteiger partial charge in [0.2, 0.25) is 5.91 Å². The Hall–Kier alpha value is -2.55. The average Bonchev–Trinajstić information content (AvgIpc) is 2.96. The largest absolute Gasteiger partial charge is 0.465 e. The molecule has 140 valence electrons. The molecule has 0 saturated heterocycles. The van der Waals surface area contributed by atoms with Crippen LogP contribution in [0.15, 0.2) is 34.7 Å². The van der Waals surface area contributed by atoms with E-state index >= 15 is 0 Å². The Morgan fingerprint density at radius 1 is 1.31 bits per heavy atom. The number of ether oxygens (including phenoxy) is 2. The molecule has 0 fully saturated rings. The van der Waals surface area contributed by atoms with Crippen molar-refractivity contribution in [1.29, 1.82) is 0 Å². The predicted molar refractivity (Wildman–Crippen MR) is 92.7 cm³/mol. The first-order chi connectivity index (χ1) is 12.4. The number of hydrogen-bond acceptors (Lipinski definition) is 6. The highest BCUT2D eigenvalue weighted by Gasteiger charge is 2.16. The van der Waals surface area contributed by atoms with Crippen LogP contribution in [0.2, 0.25) is 0 Å². The van der Waals surface area contributed by atoms with E-state index in [2.05, 4.69) is 14.8 Å². The van der Waals surface area contributed by atoms with Gasteiger partial charge in [-0.2, -0.15) is 8.78 Å². The molecule has 26 heavy (non-hydrogen) atoms. The number of aryl methyl sites for hydroxylation is 1. The van der Waals surface area contributed by atoms with Crippen LogP contribution in [0, 0.1) is 6.92 Å². The SMILES string of the molecule is COC(=O)c1cc(CSCC(=O)Nc2ccccc2OC(F)F)oc1C. The van der Waals surface area contributed by atoms with E-state index < -0.39 is 12.6 Å². The molecule has 1 N–H and O–H groups in total. The molecule has 1 aromatic heterocycles. The van der Waals surface area contributed by atoms with Crippen molar-refractivity contribution in [1.82, 2.24) is 0 Å². The summed E-state index contributed by atoms with van der Waals surface area (Å²) in [5, 5.41) is 2.52. The molecule has 9 heteroatoms. The molecule has 0 saturated carbocycles. The summed E-state index contributed by atoms with van der Waals surface area (Å²) in [6.07, 6.45) is 0. The van der Waals surface area contributed by atoms with Crippen molar-refractivity contribution in [2.45, 2.75) is 19.3 Å². The van der Waals surface area contributed by atoms with Crippen molar-refractivity contribution in [2.24, 2.45) is 0 Å². The van der Waals surface area contributed by atoms with E-state index in [9.17, 15) is 18.4 Å². The summed E-state index contributed by atoms with van der Waals surface area (Å²) in [7, 11) is 1.28. The Labute approximate surface area is 152 Å². The van der Waals surface area contributed by atoms with E-state index in [1.807, 2.05) is 0 Å². The minimum Gasteiger partial charge on any atom is -0.465 e. The number of methoxy groups -OCH3 is 1. The summed E-state index contributed by atoms with van der Waals surface area (Å²) in [6.45, 7) is -1.33. The predicted octanol–water partition coefficient (Wildman–Crippen LogP) is 3.85. The van der Waals surface area contributed by atoms with E-state index in [4.69, 9.17) is 4.42 Å². The van der Waals surface area contributed by atoms with Crippen molar-refractivity contribution < 1.29 is 32.3 Å². The molecule has 1 aromatic carbocycles. The molecule has 2 rings (SSSR count). The third-order valence-electron chi connectivity index (χ3n) is 3.23. The fourth-order valence-electron chi connectivity index (χ4n) is 2.13. The lowest BCUT2D eigenvalue weighted by molar-refractivity contribution is -0.113. The molecule has 1 amide bonds. The monoisotopic (exact) mass is 385 g/mol. The van der Waals surface area contributed by atoms with Gasteiger partial charge in [-0.3, -0.25) is 4.79 Å². The molecule has 0 aliphatic rings. The van der Waals surface area contributed by atoms with Crippen LogP contribution in [0.5, 0.6) is 5.75 Å². The van der Waals surface area contributed by atoms with E-state index in [1.165, 1.54) is 37.1 Å². The standard InChI is InChI=1S/C17H17F2NO5S/c1-10-12(16(22)23-2)7-11(24-10)8-26-9-15(21)20-13-5-3-4-6-14(13)25-17(18)19/h3-7,17H,8-9H2,1-2H3,(H,20,21). The first-order valence-electron chi connectivity index (χ1n) is 7.49. The maximum Gasteiger partial charge on any atom is 0.387 e. The smallest absolute Gasteiger partial charge is 0.387 e. The van der Waals surface area contributed by atoms with Gasteiger partial charge in [0, 0.05) is 0 Å². The normalized spacial score (nSPS) is 10.7. The number of anilines is 1. The Morgan fingerprint density at radius 2 is 2.04 bits per heavy atom. The van der Waals surface area contributed by atoms with Crippen LogP contribution in [0.3, 0.4) is 0 Å². The molecule has 6 nitrogen and oxygen atoms in total. The highest BCUT2D eigenvalue weighted by molar-refractivity contribution is 7.99. The molecular weight excluding hydrogens is 368 g/mol. The minimum atomic E-state index is -2.98. The molecule has 0 aliphatic heterocycles. The van der Waals surface area contributed by atoms with Gasteiger partial charge >= 0.3 is 12.6 Å². The first-order valence-corrected chi connectivity index (χ1v) is 8.65. The zero-order valence-corrected chi connectivity index (χ0v) is 14.9. The van der Waals surface area contributed by atoms with Gasteiger partial charge in [0.15, 0.2) is 0 Å². The number of benzene rings is 1. The van der Waals surface area contributed by atoms with Crippen LogP contribution < -0.4 is 10.1 Å². The molecule has 2 aromatic rings. The van der Waals surface area contributed by atoms with Gasteiger partial charge in [-0.15, -0.1) is 11.8 Å². The fraction of sp³-hybridized carbons (Fsp3) is 0.294. The number of carbonyl (C=O) groups excluding carboxylic acids is 2. The van der Waals surface area contributed by atoms with Crippen molar-refractivity contribution in [3.8, 4) is 5.75 Å². The molecule has 0 bridgehead atoms. The Kier molecular flexibility index (Phi) is 7.02. The first kappa shape index (κ1) is 19.8. The zero-order valence-electron chi connectivity index (χ0n) is 14.1. The summed E-state index contributed by atoms with van der Waals surface area (Å²) in [4.78, 5) is 23.5. The molecule has 0 aliphatic carbocycles. The summed E-state index contributed by atoms with van der Waals surface area (Å²) in [5.41, 5.74) is 0.505. The Balaban J connectivity index is 1.87. The minimum absolute atomic E-state index is 0.0658. The fourth-order valence-corrected chi connectivity index (χ4v) is 2.83. The lowest BCUT2D eigenvalue weighted by atomic mass is 10.2. The van der Waals surface area contributed by atoms with Crippen LogP contribution >= 0.6 is 11.8 Å². The van der Waals surface area contributed by atoms with Crippen molar-refractivity contribution >= 4 is 29.3 Å². The number of hydrogen-bond donors (Lipinski definition) is 1. The summed E-state index contributed by atoms with van der Waals surface area (Å²) < 4.78 is 39.2. The summed E-state index contributed by atoms with van der Waals surface area (Å²) >= 11 is 1.25. The van der Waals surface area contributed by atoms with Crippen LogP contribution in [-0.4, -0.2) is 31.4 Å². The zero-order chi connectivity index (χ0) is 19.1. The van der Waals surface area contributed by atoms with Gasteiger partial charge in [-0.1, -0.05) is 12.1 Å². The number of furan rings is 1. The van der Waals surface area contributed by atoms with Gasteiger partial charge in [-0.05, 0) is 25.1 Å². The summed E-state index contributed by atoms with van der Waals surface area (Å²) in [6, 6.07) is 7.51. The molecule has 0 unspecified atom stereocenters. The quantitative estimate of drug-likeness (QED) is 0.696. The van der Waals surface area contributed by atoms with Gasteiger partial charge in [0.25, 0.3) is 0 Å². The van der Waals surface area contributed by atoms with Crippen molar-refractivity contribution in [3.05, 3.63) is 47.4 Å². The molecule has 0 spiro atoms.